The number of aryl methyl sites for hydroxylation is 1. The van der Waals surface area contributed by atoms with E-state index >= 15 is 0 Å². The van der Waals surface area contributed by atoms with Crippen LogP contribution in [0.5, 0.6) is 5.75 Å². The maximum Gasteiger partial charge on any atom is 0.129 e. The first-order valence-electron chi connectivity index (χ1n) is 2.76. The highest BCUT2D eigenvalue weighted by molar-refractivity contribution is 14.1. The average Bonchev–Trinajstić information content (AvgIpc) is 1.84. The molecule has 0 saturated carbocycles. The van der Waals surface area contributed by atoms with E-state index in [4.69, 9.17) is 0 Å². The minimum Gasteiger partial charge on any atom is -0.507 e. The van der Waals surface area contributed by atoms with Gasteiger partial charge in [-0.3, -0.25) is 0 Å². The molecule has 1 rings (SSSR count). The van der Waals surface area contributed by atoms with Crippen molar-refractivity contribution in [2.45, 2.75) is 6.92 Å². The summed E-state index contributed by atoms with van der Waals surface area (Å²) in [5, 5.41) is 9.20. The monoisotopic (exact) mass is 312 g/mol. The smallest absolute Gasteiger partial charge is 0.129 e. The van der Waals surface area contributed by atoms with E-state index in [9.17, 15) is 5.11 Å². The van der Waals surface area contributed by atoms with Crippen LogP contribution in [0.2, 0.25) is 0 Å². The van der Waals surface area contributed by atoms with Gasteiger partial charge in [-0.2, -0.15) is 0 Å². The van der Waals surface area contributed by atoms with Gasteiger partial charge in [-0.15, -0.1) is 0 Å². The number of rotatable bonds is 0. The summed E-state index contributed by atoms with van der Waals surface area (Å²) >= 11 is 5.45. The van der Waals surface area contributed by atoms with Gasteiger partial charge < -0.3 is 5.11 Å². The maximum absolute atomic E-state index is 9.20. The van der Waals surface area contributed by atoms with Crippen LogP contribution in [0.4, 0.5) is 0 Å². The minimum absolute atomic E-state index is 0.348. The molecule has 1 nitrogen and oxygen atoms in total. The highest BCUT2D eigenvalue weighted by atomic mass is 127. The van der Waals surface area contributed by atoms with Gasteiger partial charge in [-0.05, 0) is 47.2 Å². The zero-order chi connectivity index (χ0) is 7.72. The lowest BCUT2D eigenvalue weighted by Crippen LogP contribution is -1.78. The Bertz CT molecular complexity index is 210. The third kappa shape index (κ3) is 1.63. The summed E-state index contributed by atoms with van der Waals surface area (Å²) in [5.74, 6) is 0.348. The fourth-order valence-corrected chi connectivity index (χ4v) is 1.88. The predicted octanol–water partition coefficient (Wildman–Crippen LogP) is 3.07. The van der Waals surface area contributed by atoms with Gasteiger partial charge in [0.2, 0.25) is 0 Å². The van der Waals surface area contributed by atoms with E-state index in [2.05, 4.69) is 38.5 Å². The summed E-state index contributed by atoms with van der Waals surface area (Å²) in [4.78, 5) is 0. The number of aromatic hydroxyl groups is 1. The molecule has 0 atom stereocenters. The van der Waals surface area contributed by atoms with Crippen molar-refractivity contribution in [2.75, 3.05) is 0 Å². The fourth-order valence-electron chi connectivity index (χ4n) is 0.642. The van der Waals surface area contributed by atoms with Crippen LogP contribution in [0.1, 0.15) is 5.56 Å². The number of hydrogen-bond donors (Lipinski definition) is 1. The molecular formula is C7H6BrIO. The van der Waals surface area contributed by atoms with E-state index in [0.29, 0.717) is 5.75 Å². The zero-order valence-corrected chi connectivity index (χ0v) is 9.10. The Kier molecular flexibility index (Phi) is 2.57. The second kappa shape index (κ2) is 3.09. The Balaban J connectivity index is 3.28. The highest BCUT2D eigenvalue weighted by Crippen LogP contribution is 2.26. The van der Waals surface area contributed by atoms with Gasteiger partial charge in [0.1, 0.15) is 5.75 Å². The fraction of sp³-hybridized carbons (Fsp3) is 0.143. The van der Waals surface area contributed by atoms with Gasteiger partial charge >= 0.3 is 0 Å². The summed E-state index contributed by atoms with van der Waals surface area (Å²) in [5.41, 5.74) is 1.05. The van der Waals surface area contributed by atoms with Crippen molar-refractivity contribution in [3.63, 3.8) is 0 Å². The molecule has 0 aliphatic heterocycles. The highest BCUT2D eigenvalue weighted by Gasteiger charge is 2.00. The van der Waals surface area contributed by atoms with E-state index < -0.39 is 0 Å². The van der Waals surface area contributed by atoms with E-state index in [1.165, 1.54) is 0 Å². The van der Waals surface area contributed by atoms with Crippen molar-refractivity contribution in [1.29, 1.82) is 0 Å². The molecule has 0 fully saturated rings. The third-order valence-electron chi connectivity index (χ3n) is 1.23. The van der Waals surface area contributed by atoms with Crippen molar-refractivity contribution >= 4 is 38.5 Å². The summed E-state index contributed by atoms with van der Waals surface area (Å²) in [7, 11) is 0. The first-order valence-corrected chi connectivity index (χ1v) is 4.63. The molecule has 54 valence electrons. The van der Waals surface area contributed by atoms with Gasteiger partial charge in [-0.25, -0.2) is 0 Å². The molecule has 0 amide bonds. The van der Waals surface area contributed by atoms with Crippen molar-refractivity contribution < 1.29 is 5.11 Å². The van der Waals surface area contributed by atoms with Crippen molar-refractivity contribution in [3.05, 3.63) is 25.7 Å². The second-order valence-corrected chi connectivity index (χ2v) is 4.07. The molecule has 1 N–H and O–H groups in total. The van der Waals surface area contributed by atoms with E-state index in [1.807, 2.05) is 13.0 Å². The SMILES string of the molecule is Cc1cc(O)c(I)cc1Br. The molecule has 10 heavy (non-hydrogen) atoms. The summed E-state index contributed by atoms with van der Waals surface area (Å²) in [6.45, 7) is 1.94. The first kappa shape index (κ1) is 8.33. The van der Waals surface area contributed by atoms with Gasteiger partial charge in [0.05, 0.1) is 3.57 Å². The molecule has 0 aliphatic rings. The topological polar surface area (TPSA) is 20.2 Å². The Morgan fingerprint density at radius 1 is 1.50 bits per heavy atom. The molecular weight excluding hydrogens is 307 g/mol. The quantitative estimate of drug-likeness (QED) is 0.730. The van der Waals surface area contributed by atoms with Crippen molar-refractivity contribution in [1.82, 2.24) is 0 Å². The number of phenolic OH excluding ortho intramolecular Hbond substituents is 1. The van der Waals surface area contributed by atoms with Crippen LogP contribution in [-0.4, -0.2) is 5.11 Å². The molecule has 0 aliphatic carbocycles. The largest absolute Gasteiger partial charge is 0.507 e. The zero-order valence-electron chi connectivity index (χ0n) is 5.36. The lowest BCUT2D eigenvalue weighted by molar-refractivity contribution is 0.471. The first-order chi connectivity index (χ1) is 4.61. The molecule has 0 spiro atoms. The maximum atomic E-state index is 9.20. The second-order valence-electron chi connectivity index (χ2n) is 2.05. The molecule has 3 heteroatoms. The number of phenols is 1. The standard InChI is InChI=1S/C7H6BrIO/c1-4-2-7(10)6(9)3-5(4)8/h2-3,10H,1H3. The van der Waals surface area contributed by atoms with Crippen LogP contribution in [0.3, 0.4) is 0 Å². The summed E-state index contributed by atoms with van der Waals surface area (Å²) in [6, 6.07) is 3.64. The lowest BCUT2D eigenvalue weighted by Gasteiger charge is -2.00. The number of hydrogen-bond acceptors (Lipinski definition) is 1. The Morgan fingerprint density at radius 3 is 2.60 bits per heavy atom. The average molecular weight is 313 g/mol. The molecule has 0 saturated heterocycles. The molecule has 0 unspecified atom stereocenters. The van der Waals surface area contributed by atoms with Crippen LogP contribution in [0.15, 0.2) is 16.6 Å². The molecule has 0 heterocycles. The third-order valence-corrected chi connectivity index (χ3v) is 2.95. The van der Waals surface area contributed by atoms with Crippen LogP contribution >= 0.6 is 38.5 Å². The van der Waals surface area contributed by atoms with Crippen molar-refractivity contribution in [2.24, 2.45) is 0 Å². The molecule has 1 aromatic rings. The Hall–Kier alpha value is 0.230. The van der Waals surface area contributed by atoms with Crippen molar-refractivity contribution in [3.8, 4) is 5.75 Å². The Labute approximate surface area is 81.7 Å². The molecule has 0 aromatic heterocycles. The minimum atomic E-state index is 0.348. The van der Waals surface area contributed by atoms with Crippen LogP contribution in [-0.2, 0) is 0 Å². The normalized spacial score (nSPS) is 9.90. The van der Waals surface area contributed by atoms with E-state index in [1.54, 1.807) is 6.07 Å². The van der Waals surface area contributed by atoms with Crippen LogP contribution in [0, 0.1) is 10.5 Å². The van der Waals surface area contributed by atoms with Crippen LogP contribution < -0.4 is 0 Å². The lowest BCUT2D eigenvalue weighted by atomic mass is 10.2. The van der Waals surface area contributed by atoms with Gasteiger partial charge in [0.15, 0.2) is 0 Å². The number of halogens is 2. The van der Waals surface area contributed by atoms with Crippen LogP contribution in [0.25, 0.3) is 0 Å². The van der Waals surface area contributed by atoms with E-state index in [0.717, 1.165) is 13.6 Å². The molecule has 1 aromatic carbocycles. The molecule has 0 radical (unpaired) electrons. The number of benzene rings is 1. The summed E-state index contributed by atoms with van der Waals surface area (Å²) in [6.07, 6.45) is 0. The van der Waals surface area contributed by atoms with Gasteiger partial charge in [-0.1, -0.05) is 15.9 Å². The van der Waals surface area contributed by atoms with Gasteiger partial charge in [0, 0.05) is 4.47 Å². The Morgan fingerprint density at radius 2 is 2.10 bits per heavy atom. The van der Waals surface area contributed by atoms with Gasteiger partial charge in [0.25, 0.3) is 0 Å². The predicted molar refractivity (Wildman–Crippen MR) is 53.3 cm³/mol. The molecule has 0 bridgehead atoms. The summed E-state index contributed by atoms with van der Waals surface area (Å²) < 4.78 is 1.91. The van der Waals surface area contributed by atoms with E-state index in [-0.39, 0.29) is 0 Å².